The van der Waals surface area contributed by atoms with E-state index in [0.717, 1.165) is 20.9 Å². The van der Waals surface area contributed by atoms with Crippen LogP contribution in [-0.2, 0) is 0 Å². The Hall–Kier alpha value is -3.13. The first-order valence-electron chi connectivity index (χ1n) is 7.10. The largest absolute Gasteiger partial charge is 0.619 e. The van der Waals surface area contributed by atoms with Crippen LogP contribution in [0.4, 0.5) is 5.69 Å². The number of anilines is 1. The van der Waals surface area contributed by atoms with Gasteiger partial charge < -0.3 is 15.3 Å². The molecule has 120 valence electrons. The molecule has 4 aromatic rings. The van der Waals surface area contributed by atoms with Crippen LogP contribution in [0.1, 0.15) is 10.5 Å². The average molecular weight is 340 g/mol. The Morgan fingerprint density at radius 2 is 2.29 bits per heavy atom. The number of amides is 1. The number of hydrogen-bond acceptors (Lipinski definition) is 5. The van der Waals surface area contributed by atoms with Crippen LogP contribution in [0.5, 0.6) is 5.75 Å². The van der Waals surface area contributed by atoms with Crippen LogP contribution in [0.3, 0.4) is 0 Å². The van der Waals surface area contributed by atoms with E-state index in [4.69, 9.17) is 4.74 Å². The zero-order valence-electron chi connectivity index (χ0n) is 12.6. The highest BCUT2D eigenvalue weighted by Gasteiger charge is 2.15. The van der Waals surface area contributed by atoms with Crippen LogP contribution in [-0.4, -0.2) is 22.4 Å². The number of imidazole rings is 1. The zero-order valence-corrected chi connectivity index (χ0v) is 13.4. The molecular formula is C16H12N4O3S. The number of carbonyl (C=O) groups excluding carboxylic acids is 1. The first-order valence-corrected chi connectivity index (χ1v) is 7.91. The normalized spacial score (nSPS) is 11.0. The number of fused-ring (bicyclic) bond motifs is 3. The van der Waals surface area contributed by atoms with Gasteiger partial charge in [-0.3, -0.25) is 9.20 Å². The quantitative estimate of drug-likeness (QED) is 0.459. The highest BCUT2D eigenvalue weighted by molar-refractivity contribution is 7.23. The van der Waals surface area contributed by atoms with E-state index in [1.807, 2.05) is 22.6 Å². The minimum Gasteiger partial charge on any atom is -0.619 e. The third-order valence-corrected chi connectivity index (χ3v) is 4.58. The van der Waals surface area contributed by atoms with Gasteiger partial charge in [0.25, 0.3) is 5.91 Å². The van der Waals surface area contributed by atoms with Gasteiger partial charge in [0.2, 0.25) is 6.20 Å². The van der Waals surface area contributed by atoms with Crippen molar-refractivity contribution in [1.82, 2.24) is 9.38 Å². The molecule has 8 heteroatoms. The molecule has 0 atom stereocenters. The summed E-state index contributed by atoms with van der Waals surface area (Å²) < 4.78 is 8.74. The van der Waals surface area contributed by atoms with E-state index in [0.29, 0.717) is 16.1 Å². The number of aromatic nitrogens is 3. The third kappa shape index (κ3) is 2.42. The molecule has 0 fully saturated rings. The van der Waals surface area contributed by atoms with Crippen LogP contribution in [0.2, 0.25) is 0 Å². The summed E-state index contributed by atoms with van der Waals surface area (Å²) in [5.74, 6) is 0.415. The van der Waals surface area contributed by atoms with E-state index >= 15 is 0 Å². The van der Waals surface area contributed by atoms with Gasteiger partial charge in [0.05, 0.1) is 17.3 Å². The zero-order chi connectivity index (χ0) is 16.7. The summed E-state index contributed by atoms with van der Waals surface area (Å²) in [5, 5.41) is 13.9. The van der Waals surface area contributed by atoms with Crippen molar-refractivity contribution in [3.8, 4) is 5.75 Å². The van der Waals surface area contributed by atoms with Crippen molar-refractivity contribution >= 4 is 38.1 Å². The van der Waals surface area contributed by atoms with Gasteiger partial charge in [-0.1, -0.05) is 11.3 Å². The molecule has 1 amide bonds. The second-order valence-corrected chi connectivity index (χ2v) is 6.13. The standard InChI is InChI=1S/C16H12N4O3S/c1-23-11-4-5-13-14(7-11)24-16-18-12(9-20(13)16)15(21)17-10-3-2-6-19(22)8-10/h2-9H,1H3,(H,17,21). The second-order valence-electron chi connectivity index (χ2n) is 5.12. The fourth-order valence-corrected chi connectivity index (χ4v) is 3.48. The first kappa shape index (κ1) is 14.5. The van der Waals surface area contributed by atoms with Crippen LogP contribution in [0, 0.1) is 5.21 Å². The molecule has 0 aliphatic heterocycles. The van der Waals surface area contributed by atoms with E-state index in [2.05, 4.69) is 10.3 Å². The lowest BCUT2D eigenvalue weighted by Gasteiger charge is -2.02. The molecular weight excluding hydrogens is 328 g/mol. The molecule has 0 unspecified atom stereocenters. The first-order chi connectivity index (χ1) is 11.6. The van der Waals surface area contributed by atoms with Crippen molar-refractivity contribution in [2.24, 2.45) is 0 Å². The molecule has 0 saturated heterocycles. The Bertz CT molecular complexity index is 1070. The minimum atomic E-state index is -0.362. The molecule has 4 rings (SSSR count). The topological polar surface area (TPSA) is 82.6 Å². The Balaban J connectivity index is 1.68. The number of thiazole rings is 1. The lowest BCUT2D eigenvalue weighted by molar-refractivity contribution is -0.604. The molecule has 3 heterocycles. The summed E-state index contributed by atoms with van der Waals surface area (Å²) in [6.45, 7) is 0. The van der Waals surface area contributed by atoms with Gasteiger partial charge in [0.15, 0.2) is 11.2 Å². The van der Waals surface area contributed by atoms with Gasteiger partial charge in [-0.05, 0) is 24.3 Å². The lowest BCUT2D eigenvalue weighted by atomic mass is 10.3. The van der Waals surface area contributed by atoms with Crippen molar-refractivity contribution in [2.75, 3.05) is 12.4 Å². The van der Waals surface area contributed by atoms with Crippen molar-refractivity contribution in [3.05, 3.63) is 59.8 Å². The number of nitrogens with one attached hydrogen (secondary N) is 1. The average Bonchev–Trinajstić information content (AvgIpc) is 3.11. The second kappa shape index (κ2) is 5.50. The summed E-state index contributed by atoms with van der Waals surface area (Å²) in [7, 11) is 1.62. The molecule has 0 radical (unpaired) electrons. The van der Waals surface area contributed by atoms with E-state index in [9.17, 15) is 10.0 Å². The van der Waals surface area contributed by atoms with Crippen LogP contribution < -0.4 is 14.8 Å². The Morgan fingerprint density at radius 3 is 3.08 bits per heavy atom. The summed E-state index contributed by atoms with van der Waals surface area (Å²) in [5.41, 5.74) is 1.67. The number of nitrogens with zero attached hydrogens (tertiary/aromatic N) is 3. The molecule has 3 aromatic heterocycles. The van der Waals surface area contributed by atoms with E-state index < -0.39 is 0 Å². The monoisotopic (exact) mass is 340 g/mol. The van der Waals surface area contributed by atoms with Crippen LogP contribution in [0.25, 0.3) is 15.2 Å². The molecule has 24 heavy (non-hydrogen) atoms. The predicted octanol–water partition coefficient (Wildman–Crippen LogP) is 2.44. The van der Waals surface area contributed by atoms with Gasteiger partial charge in [-0.2, -0.15) is 4.73 Å². The van der Waals surface area contributed by atoms with Gasteiger partial charge in [-0.15, -0.1) is 0 Å². The number of rotatable bonds is 3. The van der Waals surface area contributed by atoms with Gasteiger partial charge >= 0.3 is 0 Å². The summed E-state index contributed by atoms with van der Waals surface area (Å²) in [6.07, 6.45) is 4.32. The Morgan fingerprint density at radius 1 is 1.42 bits per heavy atom. The summed E-state index contributed by atoms with van der Waals surface area (Å²) >= 11 is 1.48. The number of methoxy groups -OCH3 is 1. The van der Waals surface area contributed by atoms with Gasteiger partial charge in [0.1, 0.15) is 17.1 Å². The number of carbonyl (C=O) groups is 1. The molecule has 0 bridgehead atoms. The fourth-order valence-electron chi connectivity index (χ4n) is 2.44. The molecule has 0 spiro atoms. The maximum Gasteiger partial charge on any atom is 0.276 e. The van der Waals surface area contributed by atoms with Crippen molar-refractivity contribution < 1.29 is 14.3 Å². The third-order valence-electron chi connectivity index (χ3n) is 3.57. The summed E-state index contributed by atoms with van der Waals surface area (Å²) in [6, 6.07) is 8.94. The number of ether oxygens (including phenoxy) is 1. The molecule has 0 aliphatic carbocycles. The minimum absolute atomic E-state index is 0.292. The highest BCUT2D eigenvalue weighted by Crippen LogP contribution is 2.29. The van der Waals surface area contributed by atoms with Gasteiger partial charge in [0, 0.05) is 12.3 Å². The smallest absolute Gasteiger partial charge is 0.276 e. The lowest BCUT2D eigenvalue weighted by Crippen LogP contribution is -2.25. The maximum absolute atomic E-state index is 12.3. The molecule has 0 aliphatic rings. The van der Waals surface area contributed by atoms with Crippen molar-refractivity contribution in [3.63, 3.8) is 0 Å². The Kier molecular flexibility index (Phi) is 3.31. The van der Waals surface area contributed by atoms with E-state index in [1.54, 1.807) is 25.4 Å². The summed E-state index contributed by atoms with van der Waals surface area (Å²) in [4.78, 5) is 17.4. The Labute approximate surface area is 140 Å². The molecule has 1 N–H and O–H groups in total. The molecule has 0 saturated carbocycles. The van der Waals surface area contributed by atoms with Crippen LogP contribution >= 0.6 is 11.3 Å². The van der Waals surface area contributed by atoms with Crippen LogP contribution in [0.15, 0.2) is 48.9 Å². The fraction of sp³-hybridized carbons (Fsp3) is 0.0625. The number of benzene rings is 1. The van der Waals surface area contributed by atoms with Crippen molar-refractivity contribution in [1.29, 1.82) is 0 Å². The van der Waals surface area contributed by atoms with E-state index in [1.165, 1.54) is 23.7 Å². The SMILES string of the molecule is COc1ccc2c(c1)sc1nc(C(=O)Nc3ccc[n+]([O-])c3)cn12. The molecule has 1 aromatic carbocycles. The predicted molar refractivity (Wildman–Crippen MR) is 90.5 cm³/mol. The number of hydrogen-bond donors (Lipinski definition) is 1. The highest BCUT2D eigenvalue weighted by atomic mass is 32.1. The van der Waals surface area contributed by atoms with Gasteiger partial charge in [-0.25, -0.2) is 4.98 Å². The number of pyridine rings is 1. The molecule has 7 nitrogen and oxygen atoms in total. The maximum atomic E-state index is 12.3. The van der Waals surface area contributed by atoms with E-state index in [-0.39, 0.29) is 5.91 Å². The van der Waals surface area contributed by atoms with Crippen molar-refractivity contribution in [2.45, 2.75) is 0 Å².